The molecule has 0 amide bonds. The molecule has 284 valence electrons. The minimum absolute atomic E-state index is 0.582. The van der Waals surface area contributed by atoms with Crippen LogP contribution in [0.1, 0.15) is 22.3 Å². The highest BCUT2D eigenvalue weighted by Crippen LogP contribution is 2.62. The van der Waals surface area contributed by atoms with E-state index in [-0.39, 0.29) is 0 Å². The summed E-state index contributed by atoms with van der Waals surface area (Å²) in [6.45, 7) is 0. The molecular weight excluding hydrogens is 737 g/mol. The molecule has 1 heterocycles. The maximum Gasteiger partial charge on any atom is 0.160 e. The van der Waals surface area contributed by atoms with E-state index in [0.717, 1.165) is 50.3 Å². The zero-order valence-corrected chi connectivity index (χ0v) is 33.3. The molecule has 2 aliphatic rings. The monoisotopic (exact) mass is 774 g/mol. The highest BCUT2D eigenvalue weighted by atomic mass is 14.9. The van der Waals surface area contributed by atoms with E-state index in [2.05, 4.69) is 224 Å². The number of hydrogen-bond donors (Lipinski definition) is 0. The second kappa shape index (κ2) is 14.1. The van der Waals surface area contributed by atoms with Gasteiger partial charge in [-0.3, -0.25) is 0 Å². The van der Waals surface area contributed by atoms with E-state index in [1.807, 2.05) is 6.07 Å². The minimum atomic E-state index is -0.582. The lowest BCUT2D eigenvalue weighted by Gasteiger charge is -2.35. The molecule has 0 saturated carbocycles. The van der Waals surface area contributed by atoms with Gasteiger partial charge in [-0.15, -0.1) is 0 Å². The summed E-state index contributed by atoms with van der Waals surface area (Å²) in [6, 6.07) is 83.6. The van der Waals surface area contributed by atoms with E-state index in [1.54, 1.807) is 0 Å². The van der Waals surface area contributed by atoms with Crippen LogP contribution < -0.4 is 0 Å². The molecule has 0 aliphatic heterocycles. The predicted molar refractivity (Wildman–Crippen MR) is 251 cm³/mol. The lowest BCUT2D eigenvalue weighted by Crippen LogP contribution is -2.29. The third kappa shape index (κ3) is 5.50. The Morgan fingerprint density at radius 1 is 0.246 bits per heavy atom. The van der Waals surface area contributed by atoms with Gasteiger partial charge >= 0.3 is 0 Å². The first-order valence-electron chi connectivity index (χ1n) is 21.0. The predicted octanol–water partition coefficient (Wildman–Crippen LogP) is 14.8. The van der Waals surface area contributed by atoms with Gasteiger partial charge in [0.05, 0.1) is 16.8 Å². The minimum Gasteiger partial charge on any atom is -0.228 e. The smallest absolute Gasteiger partial charge is 0.160 e. The second-order valence-electron chi connectivity index (χ2n) is 16.0. The molecule has 2 nitrogen and oxygen atoms in total. The Hall–Kier alpha value is -7.94. The molecule has 1 spiro atoms. The Morgan fingerprint density at radius 3 is 1.20 bits per heavy atom. The number of fused-ring (bicyclic) bond motifs is 12. The first-order chi connectivity index (χ1) is 30.3. The van der Waals surface area contributed by atoms with Crippen molar-refractivity contribution in [3.63, 3.8) is 0 Å². The highest BCUT2D eigenvalue weighted by molar-refractivity contribution is 6.00. The summed E-state index contributed by atoms with van der Waals surface area (Å²) in [5.41, 5.74) is 21.4. The molecule has 2 heteroatoms. The van der Waals surface area contributed by atoms with E-state index in [0.29, 0.717) is 5.82 Å². The Bertz CT molecular complexity index is 3170. The normalized spacial score (nSPS) is 12.7. The molecule has 0 N–H and O–H groups in total. The average Bonchev–Trinajstić information content (AvgIpc) is 3.59. The number of rotatable bonds is 5. The van der Waals surface area contributed by atoms with E-state index < -0.39 is 5.41 Å². The van der Waals surface area contributed by atoms with Gasteiger partial charge in [0.15, 0.2) is 5.82 Å². The quantitative estimate of drug-likeness (QED) is 0.174. The second-order valence-corrected chi connectivity index (χ2v) is 16.0. The SMILES string of the molecule is c1ccc(-c2cc(-c3ccccc3)cc(-c3cc(-c4cccc5c4-c4ccccc4C54c5ccccc5-c5ccccc5-c5ccccc54)nc(-c4ccccc4)n3)c2)cc1. The molecule has 1 aromatic heterocycles. The van der Waals surface area contributed by atoms with Crippen LogP contribution in [-0.2, 0) is 5.41 Å². The first-order valence-corrected chi connectivity index (χ1v) is 21.0. The Balaban J connectivity index is 1.15. The number of nitrogens with zero attached hydrogens (tertiary/aromatic N) is 2. The third-order valence-electron chi connectivity index (χ3n) is 12.7. The summed E-state index contributed by atoms with van der Waals surface area (Å²) in [4.78, 5) is 10.8. The lowest BCUT2D eigenvalue weighted by atomic mass is 9.66. The summed E-state index contributed by atoms with van der Waals surface area (Å²) >= 11 is 0. The molecule has 12 rings (SSSR count). The first kappa shape index (κ1) is 35.0. The summed E-state index contributed by atoms with van der Waals surface area (Å²) in [7, 11) is 0. The Kier molecular flexibility index (Phi) is 8.11. The Morgan fingerprint density at radius 2 is 0.639 bits per heavy atom. The highest BCUT2D eigenvalue weighted by Gasteiger charge is 2.50. The van der Waals surface area contributed by atoms with Gasteiger partial charge in [0.1, 0.15) is 0 Å². The van der Waals surface area contributed by atoms with E-state index in [4.69, 9.17) is 9.97 Å². The van der Waals surface area contributed by atoms with Crippen molar-refractivity contribution >= 4 is 0 Å². The van der Waals surface area contributed by atoms with E-state index in [1.165, 1.54) is 55.6 Å². The summed E-state index contributed by atoms with van der Waals surface area (Å²) in [5.74, 6) is 0.693. The number of hydrogen-bond acceptors (Lipinski definition) is 2. The fraction of sp³-hybridized carbons (Fsp3) is 0.0169. The van der Waals surface area contributed by atoms with Crippen molar-refractivity contribution < 1.29 is 0 Å². The van der Waals surface area contributed by atoms with Crippen molar-refractivity contribution in [1.82, 2.24) is 9.97 Å². The van der Waals surface area contributed by atoms with Gasteiger partial charge in [-0.25, -0.2) is 9.97 Å². The van der Waals surface area contributed by atoms with Crippen molar-refractivity contribution in [3.05, 3.63) is 253 Å². The van der Waals surface area contributed by atoms with Crippen LogP contribution in [0, 0.1) is 0 Å². The molecule has 10 aromatic rings. The molecule has 2 aliphatic carbocycles. The third-order valence-corrected chi connectivity index (χ3v) is 12.7. The van der Waals surface area contributed by atoms with Gasteiger partial charge in [-0.1, -0.05) is 206 Å². The maximum atomic E-state index is 5.47. The fourth-order valence-electron chi connectivity index (χ4n) is 10.1. The van der Waals surface area contributed by atoms with E-state index in [9.17, 15) is 0 Å². The van der Waals surface area contributed by atoms with Crippen molar-refractivity contribution in [1.29, 1.82) is 0 Å². The fourth-order valence-corrected chi connectivity index (χ4v) is 10.1. The average molecular weight is 775 g/mol. The zero-order valence-electron chi connectivity index (χ0n) is 33.3. The van der Waals surface area contributed by atoms with Crippen LogP contribution in [0.25, 0.3) is 89.5 Å². The molecule has 0 unspecified atom stereocenters. The van der Waals surface area contributed by atoms with Gasteiger partial charge in [0.2, 0.25) is 0 Å². The number of aromatic nitrogens is 2. The molecule has 0 bridgehead atoms. The van der Waals surface area contributed by atoms with Crippen LogP contribution >= 0.6 is 0 Å². The van der Waals surface area contributed by atoms with Gasteiger partial charge in [0, 0.05) is 16.7 Å². The van der Waals surface area contributed by atoms with Crippen LogP contribution in [0.15, 0.2) is 231 Å². The summed E-state index contributed by atoms with van der Waals surface area (Å²) in [5, 5.41) is 0. The van der Waals surface area contributed by atoms with E-state index >= 15 is 0 Å². The molecule has 9 aromatic carbocycles. The van der Waals surface area contributed by atoms with Crippen LogP contribution in [0.5, 0.6) is 0 Å². The largest absolute Gasteiger partial charge is 0.228 e. The molecule has 0 fully saturated rings. The maximum absolute atomic E-state index is 5.47. The van der Waals surface area contributed by atoms with Crippen LogP contribution in [0.2, 0.25) is 0 Å². The van der Waals surface area contributed by atoms with Gasteiger partial charge in [-0.05, 0) is 102 Å². The van der Waals surface area contributed by atoms with Crippen LogP contribution in [0.4, 0.5) is 0 Å². The topological polar surface area (TPSA) is 25.8 Å². The Labute approximate surface area is 356 Å². The van der Waals surface area contributed by atoms with Crippen molar-refractivity contribution in [2.75, 3.05) is 0 Å². The lowest BCUT2D eigenvalue weighted by molar-refractivity contribution is 0.775. The summed E-state index contributed by atoms with van der Waals surface area (Å²) < 4.78 is 0. The van der Waals surface area contributed by atoms with Gasteiger partial charge < -0.3 is 0 Å². The molecule has 0 radical (unpaired) electrons. The molecule has 61 heavy (non-hydrogen) atoms. The standard InChI is InChI=1S/C59H38N2/c1-4-19-39(20-5-1)42-35-43(40-21-6-2-7-22-40)37-44(36-42)55-38-56(61-58(60-55)41-23-8-3-9-24-41)50-30-18-34-54-57(50)49-29-14-17-33-53(49)59(54)51-31-15-12-27-47(51)45-25-10-11-26-46(45)48-28-13-16-32-52(48)59/h1-38H. The van der Waals surface area contributed by atoms with Crippen LogP contribution in [-0.4, -0.2) is 9.97 Å². The van der Waals surface area contributed by atoms with Crippen LogP contribution in [0.3, 0.4) is 0 Å². The zero-order chi connectivity index (χ0) is 40.3. The summed E-state index contributed by atoms with van der Waals surface area (Å²) in [6.07, 6.45) is 0. The van der Waals surface area contributed by atoms with Crippen molar-refractivity contribution in [2.45, 2.75) is 5.41 Å². The van der Waals surface area contributed by atoms with Gasteiger partial charge in [0.25, 0.3) is 0 Å². The molecule has 0 atom stereocenters. The molecular formula is C59H38N2. The molecule has 0 saturated heterocycles. The number of benzene rings is 9. The van der Waals surface area contributed by atoms with Crippen molar-refractivity contribution in [2.24, 2.45) is 0 Å². The van der Waals surface area contributed by atoms with Crippen molar-refractivity contribution in [3.8, 4) is 89.5 Å². The van der Waals surface area contributed by atoms with Gasteiger partial charge in [-0.2, -0.15) is 0 Å².